The molecule has 0 aliphatic rings. The van der Waals surface area contributed by atoms with Crippen LogP contribution >= 0.6 is 0 Å². The van der Waals surface area contributed by atoms with E-state index in [-0.39, 0.29) is 6.54 Å². The van der Waals surface area contributed by atoms with Gasteiger partial charge in [0.15, 0.2) is 0 Å². The third-order valence-corrected chi connectivity index (χ3v) is 3.38. The first-order valence-electron chi connectivity index (χ1n) is 7.10. The molecule has 2 aromatic heterocycles. The maximum absolute atomic E-state index is 12.9. The second kappa shape index (κ2) is 6.44. The number of nitrogens with one attached hydrogen (secondary N) is 2. The van der Waals surface area contributed by atoms with Crippen LogP contribution in [0.2, 0.25) is 0 Å². The fraction of sp³-hybridized carbons (Fsp3) is 0.267. The molecule has 2 heterocycles. The van der Waals surface area contributed by atoms with Crippen LogP contribution in [0.25, 0.3) is 0 Å². The van der Waals surface area contributed by atoms with Crippen molar-refractivity contribution >= 4 is 0 Å². The van der Waals surface area contributed by atoms with E-state index in [0.29, 0.717) is 23.0 Å². The number of benzene rings is 1. The molecular weight excluding hydrogens is 323 g/mol. The van der Waals surface area contributed by atoms with Crippen LogP contribution in [0.15, 0.2) is 41.2 Å². The van der Waals surface area contributed by atoms with Crippen LogP contribution in [-0.4, -0.2) is 20.2 Å². The number of hydrogen-bond acceptors (Lipinski definition) is 5. The number of rotatable bonds is 5. The summed E-state index contributed by atoms with van der Waals surface area (Å²) in [5.74, 6) is 1.49. The fourth-order valence-electron chi connectivity index (χ4n) is 2.29. The molecule has 0 amide bonds. The van der Waals surface area contributed by atoms with Crippen molar-refractivity contribution in [3.63, 3.8) is 0 Å². The molecule has 3 aromatic rings. The smallest absolute Gasteiger partial charge is 0.416 e. The molecule has 1 aromatic carbocycles. The van der Waals surface area contributed by atoms with Crippen LogP contribution in [0.4, 0.5) is 13.2 Å². The van der Waals surface area contributed by atoms with Gasteiger partial charge in [0.1, 0.15) is 17.9 Å². The van der Waals surface area contributed by atoms with Crippen LogP contribution < -0.4 is 5.32 Å². The third-order valence-electron chi connectivity index (χ3n) is 3.38. The average Bonchev–Trinajstić information content (AvgIpc) is 3.19. The van der Waals surface area contributed by atoms with Crippen molar-refractivity contribution in [2.45, 2.75) is 25.7 Å². The molecule has 6 nitrogen and oxygen atoms in total. The molecule has 0 fully saturated rings. The van der Waals surface area contributed by atoms with Crippen molar-refractivity contribution in [3.8, 4) is 0 Å². The van der Waals surface area contributed by atoms with E-state index in [1.54, 1.807) is 19.2 Å². The molecule has 0 aliphatic heterocycles. The number of alkyl halides is 3. The molecule has 2 N–H and O–H groups in total. The lowest BCUT2D eigenvalue weighted by atomic mass is 10.0. The Hall–Kier alpha value is -2.68. The lowest BCUT2D eigenvalue weighted by Gasteiger charge is -2.17. The van der Waals surface area contributed by atoms with Crippen molar-refractivity contribution in [1.29, 1.82) is 0 Å². The zero-order valence-corrected chi connectivity index (χ0v) is 12.6. The number of aromatic amines is 1. The molecule has 0 saturated carbocycles. The summed E-state index contributed by atoms with van der Waals surface area (Å²) < 4.78 is 44.2. The van der Waals surface area contributed by atoms with E-state index < -0.39 is 17.8 Å². The number of hydrogen-bond donors (Lipinski definition) is 2. The van der Waals surface area contributed by atoms with Gasteiger partial charge in [-0.3, -0.25) is 10.4 Å². The topological polar surface area (TPSA) is 79.6 Å². The van der Waals surface area contributed by atoms with Gasteiger partial charge in [-0.05, 0) is 24.6 Å². The van der Waals surface area contributed by atoms with Crippen molar-refractivity contribution in [2.24, 2.45) is 0 Å². The second-order valence-electron chi connectivity index (χ2n) is 5.17. The lowest BCUT2D eigenvalue weighted by Crippen LogP contribution is -2.24. The minimum absolute atomic E-state index is 0.232. The SMILES string of the molecule is Cc1cnc(CNC(c2cccc(C(F)(F)F)c2)c2ncn[nH]2)o1. The molecule has 9 heteroatoms. The molecule has 0 spiro atoms. The van der Waals surface area contributed by atoms with Gasteiger partial charge in [0, 0.05) is 0 Å². The van der Waals surface area contributed by atoms with Crippen LogP contribution in [-0.2, 0) is 12.7 Å². The maximum Gasteiger partial charge on any atom is 0.416 e. The maximum atomic E-state index is 12.9. The first kappa shape index (κ1) is 16.2. The standard InChI is InChI=1S/C15H14F3N5O/c1-9-6-19-12(24-9)7-20-13(14-21-8-22-23-14)10-3-2-4-11(5-10)15(16,17)18/h2-6,8,13,20H,7H2,1H3,(H,21,22,23). The highest BCUT2D eigenvalue weighted by Crippen LogP contribution is 2.31. The summed E-state index contributed by atoms with van der Waals surface area (Å²) >= 11 is 0. The number of aromatic nitrogens is 4. The lowest BCUT2D eigenvalue weighted by molar-refractivity contribution is -0.137. The Balaban J connectivity index is 1.88. The number of halogens is 3. The Bertz CT molecular complexity index is 798. The van der Waals surface area contributed by atoms with Gasteiger partial charge in [-0.15, -0.1) is 0 Å². The molecular formula is C15H14F3N5O. The minimum Gasteiger partial charge on any atom is -0.445 e. The normalized spacial score (nSPS) is 13.2. The Morgan fingerprint density at radius 3 is 2.75 bits per heavy atom. The molecule has 24 heavy (non-hydrogen) atoms. The summed E-state index contributed by atoms with van der Waals surface area (Å²) in [4.78, 5) is 8.10. The predicted molar refractivity (Wildman–Crippen MR) is 77.7 cm³/mol. The molecule has 126 valence electrons. The molecule has 0 radical (unpaired) electrons. The quantitative estimate of drug-likeness (QED) is 0.748. The first-order valence-corrected chi connectivity index (χ1v) is 7.10. The van der Waals surface area contributed by atoms with Crippen molar-refractivity contribution in [1.82, 2.24) is 25.5 Å². The first-order chi connectivity index (χ1) is 11.4. The van der Waals surface area contributed by atoms with Crippen molar-refractivity contribution < 1.29 is 17.6 Å². The van der Waals surface area contributed by atoms with E-state index in [1.807, 2.05) is 0 Å². The van der Waals surface area contributed by atoms with Gasteiger partial charge in [-0.2, -0.15) is 18.3 Å². The molecule has 1 unspecified atom stereocenters. The van der Waals surface area contributed by atoms with E-state index >= 15 is 0 Å². The molecule has 0 bridgehead atoms. The number of nitrogens with zero attached hydrogens (tertiary/aromatic N) is 3. The van der Waals surface area contributed by atoms with Gasteiger partial charge in [-0.1, -0.05) is 12.1 Å². The van der Waals surface area contributed by atoms with E-state index in [0.717, 1.165) is 12.1 Å². The zero-order chi connectivity index (χ0) is 17.2. The summed E-state index contributed by atoms with van der Waals surface area (Å²) in [5, 5.41) is 9.53. The molecule has 1 atom stereocenters. The van der Waals surface area contributed by atoms with Gasteiger partial charge < -0.3 is 4.42 Å². The largest absolute Gasteiger partial charge is 0.445 e. The van der Waals surface area contributed by atoms with Gasteiger partial charge in [0.05, 0.1) is 24.3 Å². The summed E-state index contributed by atoms with van der Waals surface area (Å²) in [7, 11) is 0. The number of H-pyrrole nitrogens is 1. The van der Waals surface area contributed by atoms with Gasteiger partial charge in [0.25, 0.3) is 0 Å². The Kier molecular flexibility index (Phi) is 4.34. The highest BCUT2D eigenvalue weighted by molar-refractivity contribution is 5.31. The van der Waals surface area contributed by atoms with Crippen LogP contribution in [0.1, 0.15) is 34.6 Å². The monoisotopic (exact) mass is 337 g/mol. The Morgan fingerprint density at radius 2 is 2.12 bits per heavy atom. The van der Waals surface area contributed by atoms with Gasteiger partial charge in [-0.25, -0.2) is 9.97 Å². The van der Waals surface area contributed by atoms with Gasteiger partial charge >= 0.3 is 6.18 Å². The van der Waals surface area contributed by atoms with E-state index in [4.69, 9.17) is 4.42 Å². The number of aryl methyl sites for hydroxylation is 1. The summed E-state index contributed by atoms with van der Waals surface area (Å²) in [6, 6.07) is 4.45. The predicted octanol–water partition coefficient (Wildman–Crippen LogP) is 3.00. The second-order valence-corrected chi connectivity index (χ2v) is 5.17. The number of oxazole rings is 1. The van der Waals surface area contributed by atoms with Crippen molar-refractivity contribution in [2.75, 3.05) is 0 Å². The van der Waals surface area contributed by atoms with E-state index in [1.165, 1.54) is 12.4 Å². The highest BCUT2D eigenvalue weighted by atomic mass is 19.4. The Morgan fingerprint density at radius 1 is 1.29 bits per heavy atom. The fourth-order valence-corrected chi connectivity index (χ4v) is 2.29. The third kappa shape index (κ3) is 3.62. The van der Waals surface area contributed by atoms with Crippen LogP contribution in [0.3, 0.4) is 0 Å². The summed E-state index contributed by atoms with van der Waals surface area (Å²) in [6.07, 6.45) is -1.54. The van der Waals surface area contributed by atoms with Gasteiger partial charge in [0.2, 0.25) is 5.89 Å². The summed E-state index contributed by atoms with van der Waals surface area (Å²) in [5.41, 5.74) is -0.317. The van der Waals surface area contributed by atoms with E-state index in [2.05, 4.69) is 25.5 Å². The summed E-state index contributed by atoms with van der Waals surface area (Å²) in [6.45, 7) is 1.99. The molecule has 0 saturated heterocycles. The van der Waals surface area contributed by atoms with Crippen molar-refractivity contribution in [3.05, 3.63) is 65.4 Å². The minimum atomic E-state index is -4.42. The molecule has 0 aliphatic carbocycles. The van der Waals surface area contributed by atoms with E-state index in [9.17, 15) is 13.2 Å². The van der Waals surface area contributed by atoms with Crippen LogP contribution in [0.5, 0.6) is 0 Å². The highest BCUT2D eigenvalue weighted by Gasteiger charge is 2.31. The molecule has 3 rings (SSSR count). The van der Waals surface area contributed by atoms with Crippen LogP contribution in [0, 0.1) is 6.92 Å². The average molecular weight is 337 g/mol. The zero-order valence-electron chi connectivity index (χ0n) is 12.6. The Labute approximate surface area is 135 Å².